The zero-order chi connectivity index (χ0) is 15.7. The molecule has 1 unspecified atom stereocenters. The van der Waals surface area contributed by atoms with Gasteiger partial charge in [0.2, 0.25) is 5.91 Å². The van der Waals surface area contributed by atoms with E-state index in [1.165, 1.54) is 0 Å². The lowest BCUT2D eigenvalue weighted by molar-refractivity contribution is -0.122. The summed E-state index contributed by atoms with van der Waals surface area (Å²) in [4.78, 5) is 14.1. The summed E-state index contributed by atoms with van der Waals surface area (Å²) in [6.45, 7) is 9.51. The monoisotopic (exact) mass is 293 g/mol. The Bertz CT molecular complexity index is 416. The third-order valence-corrected chi connectivity index (χ3v) is 3.31. The highest BCUT2D eigenvalue weighted by atomic mass is 16.5. The van der Waals surface area contributed by atoms with Crippen molar-refractivity contribution >= 4 is 11.6 Å². The molecule has 0 heterocycles. The summed E-state index contributed by atoms with van der Waals surface area (Å²) in [5.74, 6) is 0.748. The number of nitrogens with one attached hydrogen (secondary N) is 1. The van der Waals surface area contributed by atoms with Crippen LogP contribution in [0.1, 0.15) is 27.2 Å². The van der Waals surface area contributed by atoms with Crippen molar-refractivity contribution in [2.75, 3.05) is 32.0 Å². The highest BCUT2D eigenvalue weighted by Crippen LogP contribution is 2.13. The summed E-state index contributed by atoms with van der Waals surface area (Å²) in [7, 11) is 0. The summed E-state index contributed by atoms with van der Waals surface area (Å²) in [5.41, 5.74) is 6.30. The number of carbonyl (C=O) groups is 1. The van der Waals surface area contributed by atoms with Gasteiger partial charge in [-0.05, 0) is 44.3 Å². The van der Waals surface area contributed by atoms with Crippen molar-refractivity contribution in [3.8, 4) is 5.75 Å². The first kappa shape index (κ1) is 17.3. The van der Waals surface area contributed by atoms with Gasteiger partial charge in [-0.15, -0.1) is 0 Å². The van der Waals surface area contributed by atoms with Gasteiger partial charge in [0, 0.05) is 18.3 Å². The van der Waals surface area contributed by atoms with Gasteiger partial charge in [-0.2, -0.15) is 0 Å². The lowest BCUT2D eigenvalue weighted by Crippen LogP contribution is -2.42. The maximum absolute atomic E-state index is 11.8. The molecule has 0 aliphatic heterocycles. The molecule has 1 aromatic rings. The van der Waals surface area contributed by atoms with E-state index in [0.29, 0.717) is 18.7 Å². The van der Waals surface area contributed by atoms with Gasteiger partial charge in [-0.3, -0.25) is 4.79 Å². The van der Waals surface area contributed by atoms with Crippen LogP contribution in [-0.2, 0) is 4.79 Å². The molecule has 1 amide bonds. The molecule has 5 heteroatoms. The van der Waals surface area contributed by atoms with E-state index in [4.69, 9.17) is 10.5 Å². The minimum absolute atomic E-state index is 0.0186. The zero-order valence-corrected chi connectivity index (χ0v) is 13.3. The van der Waals surface area contributed by atoms with E-state index in [1.807, 2.05) is 6.92 Å². The molecule has 0 aliphatic carbocycles. The number of rotatable bonds is 9. The van der Waals surface area contributed by atoms with E-state index in [0.717, 1.165) is 25.4 Å². The highest BCUT2D eigenvalue weighted by Gasteiger charge is 2.10. The molecule has 0 saturated carbocycles. The number of ether oxygens (including phenoxy) is 1. The minimum atomic E-state index is 0.0186. The number of hydrogen-bond acceptors (Lipinski definition) is 4. The molecule has 1 aromatic carbocycles. The van der Waals surface area contributed by atoms with Gasteiger partial charge in [0.1, 0.15) is 5.75 Å². The Morgan fingerprint density at radius 2 is 1.90 bits per heavy atom. The zero-order valence-electron chi connectivity index (χ0n) is 13.3. The van der Waals surface area contributed by atoms with Crippen LogP contribution in [0.3, 0.4) is 0 Å². The van der Waals surface area contributed by atoms with E-state index in [9.17, 15) is 4.79 Å². The van der Waals surface area contributed by atoms with Crippen molar-refractivity contribution in [3.05, 3.63) is 24.3 Å². The van der Waals surface area contributed by atoms with Crippen LogP contribution in [0.4, 0.5) is 5.69 Å². The van der Waals surface area contributed by atoms with E-state index in [2.05, 4.69) is 24.1 Å². The second kappa shape index (κ2) is 9.23. The Balaban J connectivity index is 2.23. The predicted octanol–water partition coefficient (Wildman–Crippen LogP) is 1.88. The summed E-state index contributed by atoms with van der Waals surface area (Å²) in [6, 6.07) is 7.31. The highest BCUT2D eigenvalue weighted by molar-refractivity contribution is 5.76. The van der Waals surface area contributed by atoms with Crippen LogP contribution in [-0.4, -0.2) is 43.1 Å². The number of benzene rings is 1. The maximum Gasteiger partial charge on any atom is 0.223 e. The fourth-order valence-electron chi connectivity index (χ4n) is 2.09. The maximum atomic E-state index is 11.8. The number of likely N-dealkylation sites (N-methyl/N-ethyl adjacent to an activating group) is 1. The van der Waals surface area contributed by atoms with E-state index in [1.54, 1.807) is 24.3 Å². The quantitative estimate of drug-likeness (QED) is 0.682. The van der Waals surface area contributed by atoms with E-state index < -0.39 is 0 Å². The Morgan fingerprint density at radius 1 is 1.29 bits per heavy atom. The average Bonchev–Trinajstić information content (AvgIpc) is 2.46. The van der Waals surface area contributed by atoms with Gasteiger partial charge in [0.15, 0.2) is 0 Å². The van der Waals surface area contributed by atoms with Crippen molar-refractivity contribution in [2.45, 2.75) is 33.2 Å². The number of nitrogen functional groups attached to an aromatic ring is 1. The van der Waals surface area contributed by atoms with Gasteiger partial charge in [0.05, 0.1) is 13.0 Å². The van der Waals surface area contributed by atoms with E-state index >= 15 is 0 Å². The van der Waals surface area contributed by atoms with Crippen molar-refractivity contribution in [1.82, 2.24) is 10.2 Å². The van der Waals surface area contributed by atoms with Gasteiger partial charge in [0.25, 0.3) is 0 Å². The van der Waals surface area contributed by atoms with E-state index in [-0.39, 0.29) is 11.9 Å². The molecule has 1 atom stereocenters. The molecule has 0 radical (unpaired) electrons. The number of nitrogens with two attached hydrogens (primary N) is 1. The third-order valence-electron chi connectivity index (χ3n) is 3.31. The van der Waals surface area contributed by atoms with Crippen LogP contribution in [0, 0.1) is 0 Å². The standard InChI is InChI=1S/C16H27N3O2/c1-4-19(5-2)12-13(3)18-16(20)10-11-21-15-8-6-14(17)7-9-15/h6-9,13H,4-5,10-12,17H2,1-3H3,(H,18,20). The molecule has 0 bridgehead atoms. The number of carbonyl (C=O) groups excluding carboxylic acids is 1. The van der Waals surface area contributed by atoms with Gasteiger partial charge >= 0.3 is 0 Å². The first-order chi connectivity index (χ1) is 10.0. The lowest BCUT2D eigenvalue weighted by atomic mass is 10.3. The fourth-order valence-corrected chi connectivity index (χ4v) is 2.09. The molecule has 0 fully saturated rings. The number of hydrogen-bond donors (Lipinski definition) is 2. The van der Waals surface area contributed by atoms with Crippen molar-refractivity contribution < 1.29 is 9.53 Å². The fraction of sp³-hybridized carbons (Fsp3) is 0.562. The van der Waals surface area contributed by atoms with Crippen LogP contribution in [0.2, 0.25) is 0 Å². The molecule has 1 rings (SSSR count). The molecule has 21 heavy (non-hydrogen) atoms. The van der Waals surface area contributed by atoms with Gasteiger partial charge in [-0.1, -0.05) is 13.8 Å². The molecule has 118 valence electrons. The number of amides is 1. The molecule has 5 nitrogen and oxygen atoms in total. The van der Waals surface area contributed by atoms with Crippen molar-refractivity contribution in [3.63, 3.8) is 0 Å². The third kappa shape index (κ3) is 6.99. The Labute approximate surface area is 127 Å². The van der Waals surface area contributed by atoms with Crippen LogP contribution in [0.25, 0.3) is 0 Å². The van der Waals surface area contributed by atoms with Crippen molar-refractivity contribution in [1.29, 1.82) is 0 Å². The van der Waals surface area contributed by atoms with Crippen LogP contribution in [0.15, 0.2) is 24.3 Å². The second-order valence-corrected chi connectivity index (χ2v) is 5.12. The molecular formula is C16H27N3O2. The molecule has 0 saturated heterocycles. The second-order valence-electron chi connectivity index (χ2n) is 5.12. The van der Waals surface area contributed by atoms with Gasteiger partial charge < -0.3 is 20.7 Å². The van der Waals surface area contributed by atoms with Crippen LogP contribution < -0.4 is 15.8 Å². The summed E-state index contributed by atoms with van der Waals surface area (Å²) in [5, 5.41) is 2.99. The molecule has 0 aliphatic rings. The van der Waals surface area contributed by atoms with Crippen molar-refractivity contribution in [2.24, 2.45) is 0 Å². The van der Waals surface area contributed by atoms with Crippen LogP contribution >= 0.6 is 0 Å². The summed E-state index contributed by atoms with van der Waals surface area (Å²) < 4.78 is 5.51. The first-order valence-corrected chi connectivity index (χ1v) is 7.55. The predicted molar refractivity (Wildman–Crippen MR) is 86.4 cm³/mol. The van der Waals surface area contributed by atoms with Gasteiger partial charge in [-0.25, -0.2) is 0 Å². The van der Waals surface area contributed by atoms with Crippen LogP contribution in [0.5, 0.6) is 5.75 Å². The molecule has 3 N–H and O–H groups in total. The minimum Gasteiger partial charge on any atom is -0.493 e. The molecule has 0 aromatic heterocycles. The SMILES string of the molecule is CCN(CC)CC(C)NC(=O)CCOc1ccc(N)cc1. The number of anilines is 1. The Morgan fingerprint density at radius 3 is 2.48 bits per heavy atom. The Kier molecular flexibility index (Phi) is 7.61. The molecule has 0 spiro atoms. The average molecular weight is 293 g/mol. The first-order valence-electron chi connectivity index (χ1n) is 7.55. The summed E-state index contributed by atoms with van der Waals surface area (Å²) in [6.07, 6.45) is 0.354. The summed E-state index contributed by atoms with van der Waals surface area (Å²) >= 11 is 0. The largest absolute Gasteiger partial charge is 0.493 e. The number of nitrogens with zero attached hydrogens (tertiary/aromatic N) is 1. The topological polar surface area (TPSA) is 67.6 Å². The Hall–Kier alpha value is -1.75. The molecular weight excluding hydrogens is 266 g/mol. The smallest absolute Gasteiger partial charge is 0.223 e. The normalized spacial score (nSPS) is 12.2. The lowest BCUT2D eigenvalue weighted by Gasteiger charge is -2.23.